The molecule has 0 saturated heterocycles. The number of benzene rings is 3. The number of hydrogen-bond donors (Lipinski definition) is 1. The van der Waals surface area contributed by atoms with Crippen LogP contribution in [0.4, 0.5) is 0 Å². The lowest BCUT2D eigenvalue weighted by Crippen LogP contribution is -2.45. The van der Waals surface area contributed by atoms with E-state index in [2.05, 4.69) is 0 Å². The molecule has 0 fully saturated rings. The minimum atomic E-state index is -4.18. The lowest BCUT2D eigenvalue weighted by Gasteiger charge is -2.26. The number of sulfone groups is 1. The number of methoxy groups -OCH3 is 1. The van der Waals surface area contributed by atoms with E-state index in [-0.39, 0.29) is 11.3 Å². The summed E-state index contributed by atoms with van der Waals surface area (Å²) in [4.78, 5) is 12.2. The number of hydrogen-bond acceptors (Lipinski definition) is 4. The van der Waals surface area contributed by atoms with Gasteiger partial charge in [-0.1, -0.05) is 54.6 Å². The molecule has 3 aromatic carbocycles. The second kappa shape index (κ2) is 8.09. The molecule has 0 heterocycles. The minimum Gasteiger partial charge on any atom is -0.497 e. The number of aliphatic carboxylic acids is 1. The first kappa shape index (κ1) is 20.6. The molecular formula is C23H22O5S. The third kappa shape index (κ3) is 3.89. The Morgan fingerprint density at radius 1 is 0.931 bits per heavy atom. The Bertz CT molecular complexity index is 1110. The van der Waals surface area contributed by atoms with E-state index in [0.717, 1.165) is 11.1 Å². The maximum absolute atomic E-state index is 13.3. The van der Waals surface area contributed by atoms with Gasteiger partial charge in [-0.15, -0.1) is 0 Å². The SMILES string of the molecule is COc1ccc(S(=O)(=O)C(C)(Cc2ccccc2-c2ccccc2)C(=O)O)cc1. The highest BCUT2D eigenvalue weighted by Gasteiger charge is 2.48. The van der Waals surface area contributed by atoms with E-state index in [1.165, 1.54) is 38.3 Å². The highest BCUT2D eigenvalue weighted by molar-refractivity contribution is 7.93. The van der Waals surface area contributed by atoms with Gasteiger partial charge in [-0.25, -0.2) is 8.42 Å². The molecule has 6 heteroatoms. The quantitative estimate of drug-likeness (QED) is 0.631. The largest absolute Gasteiger partial charge is 0.497 e. The molecule has 0 aromatic heterocycles. The number of carbonyl (C=O) groups is 1. The Kier molecular flexibility index (Phi) is 5.75. The van der Waals surface area contributed by atoms with Gasteiger partial charge in [-0.2, -0.15) is 0 Å². The Hall–Kier alpha value is -3.12. The van der Waals surface area contributed by atoms with Gasteiger partial charge in [-0.05, 0) is 47.9 Å². The van der Waals surface area contributed by atoms with Crippen molar-refractivity contribution in [2.45, 2.75) is 23.0 Å². The van der Waals surface area contributed by atoms with Crippen LogP contribution in [-0.4, -0.2) is 31.4 Å². The second-order valence-electron chi connectivity index (χ2n) is 6.91. The molecule has 1 unspecified atom stereocenters. The lowest BCUT2D eigenvalue weighted by atomic mass is 9.92. The van der Waals surface area contributed by atoms with Crippen LogP contribution in [0.1, 0.15) is 12.5 Å². The zero-order chi connectivity index (χ0) is 21.1. The molecule has 150 valence electrons. The normalized spacial score (nSPS) is 13.4. The topological polar surface area (TPSA) is 80.7 Å². The summed E-state index contributed by atoms with van der Waals surface area (Å²) in [6, 6.07) is 22.5. The standard InChI is InChI=1S/C23H22O5S/c1-23(22(24)25,29(26,27)20-14-12-19(28-2)13-15-20)16-18-10-6-7-11-21(18)17-8-4-3-5-9-17/h3-15H,16H2,1-2H3,(H,24,25). The van der Waals surface area contributed by atoms with Crippen molar-refractivity contribution in [3.63, 3.8) is 0 Å². The molecule has 0 spiro atoms. The van der Waals surface area contributed by atoms with Crippen molar-refractivity contribution in [3.05, 3.63) is 84.4 Å². The van der Waals surface area contributed by atoms with Crippen LogP contribution in [0.3, 0.4) is 0 Å². The Morgan fingerprint density at radius 3 is 2.10 bits per heavy atom. The summed E-state index contributed by atoms with van der Waals surface area (Å²) >= 11 is 0. The zero-order valence-corrected chi connectivity index (χ0v) is 17.0. The fourth-order valence-corrected chi connectivity index (χ4v) is 4.83. The van der Waals surface area contributed by atoms with E-state index in [4.69, 9.17) is 4.74 Å². The molecular weight excluding hydrogens is 388 g/mol. The third-order valence-electron chi connectivity index (χ3n) is 5.05. The number of carboxylic acids is 1. The number of rotatable bonds is 7. The molecule has 1 N–H and O–H groups in total. The Morgan fingerprint density at radius 2 is 1.52 bits per heavy atom. The van der Waals surface area contributed by atoms with Crippen molar-refractivity contribution in [1.82, 2.24) is 0 Å². The van der Waals surface area contributed by atoms with Crippen LogP contribution in [-0.2, 0) is 21.1 Å². The molecule has 0 aliphatic carbocycles. The van der Waals surface area contributed by atoms with Gasteiger partial charge in [0.1, 0.15) is 5.75 Å². The van der Waals surface area contributed by atoms with Gasteiger partial charge < -0.3 is 9.84 Å². The molecule has 3 aromatic rings. The summed E-state index contributed by atoms with van der Waals surface area (Å²) in [7, 11) is -2.70. The van der Waals surface area contributed by atoms with Gasteiger partial charge in [-0.3, -0.25) is 4.79 Å². The predicted molar refractivity (Wildman–Crippen MR) is 112 cm³/mol. The fraction of sp³-hybridized carbons (Fsp3) is 0.174. The third-order valence-corrected chi connectivity index (χ3v) is 7.44. The van der Waals surface area contributed by atoms with E-state index in [0.29, 0.717) is 11.3 Å². The van der Waals surface area contributed by atoms with Crippen LogP contribution in [0.25, 0.3) is 11.1 Å². The molecule has 0 amide bonds. The molecule has 3 rings (SSSR count). The van der Waals surface area contributed by atoms with E-state index >= 15 is 0 Å². The highest BCUT2D eigenvalue weighted by atomic mass is 32.2. The first-order valence-electron chi connectivity index (χ1n) is 9.05. The average Bonchev–Trinajstić information content (AvgIpc) is 2.74. The summed E-state index contributed by atoms with van der Waals surface area (Å²) < 4.78 is 29.7. The zero-order valence-electron chi connectivity index (χ0n) is 16.2. The van der Waals surface area contributed by atoms with Crippen LogP contribution in [0.15, 0.2) is 83.8 Å². The summed E-state index contributed by atoms with van der Waals surface area (Å²) in [5.41, 5.74) is 2.36. The molecule has 1 atom stereocenters. The predicted octanol–water partition coefficient (Wildman–Crippen LogP) is 4.22. The van der Waals surface area contributed by atoms with Gasteiger partial charge in [0, 0.05) is 6.42 Å². The van der Waals surface area contributed by atoms with Crippen LogP contribution in [0, 0.1) is 0 Å². The lowest BCUT2D eigenvalue weighted by molar-refractivity contribution is -0.139. The molecule has 29 heavy (non-hydrogen) atoms. The van der Waals surface area contributed by atoms with Gasteiger partial charge in [0.05, 0.1) is 12.0 Å². The molecule has 0 radical (unpaired) electrons. The summed E-state index contributed by atoms with van der Waals surface area (Å²) in [6.45, 7) is 1.26. The van der Waals surface area contributed by atoms with Gasteiger partial charge in [0.15, 0.2) is 14.6 Å². The maximum Gasteiger partial charge on any atom is 0.325 e. The van der Waals surface area contributed by atoms with Crippen LogP contribution < -0.4 is 4.74 Å². The monoisotopic (exact) mass is 410 g/mol. The van der Waals surface area contributed by atoms with E-state index in [9.17, 15) is 18.3 Å². The Labute approximate surface area is 170 Å². The van der Waals surface area contributed by atoms with Crippen LogP contribution >= 0.6 is 0 Å². The van der Waals surface area contributed by atoms with Crippen molar-refractivity contribution < 1.29 is 23.1 Å². The van der Waals surface area contributed by atoms with Crippen molar-refractivity contribution in [2.75, 3.05) is 7.11 Å². The van der Waals surface area contributed by atoms with Gasteiger partial charge >= 0.3 is 5.97 Å². The van der Waals surface area contributed by atoms with E-state index in [1.807, 2.05) is 42.5 Å². The minimum absolute atomic E-state index is 0.0552. The molecule has 0 aliphatic rings. The molecule has 5 nitrogen and oxygen atoms in total. The summed E-state index contributed by atoms with van der Waals surface area (Å²) in [5.74, 6) is -0.897. The molecule has 0 bridgehead atoms. The van der Waals surface area contributed by atoms with Gasteiger partial charge in [0.2, 0.25) is 0 Å². The first-order chi connectivity index (χ1) is 13.8. The average molecular weight is 410 g/mol. The van der Waals surface area contributed by atoms with Crippen molar-refractivity contribution >= 4 is 15.8 Å². The second-order valence-corrected chi connectivity index (χ2v) is 9.29. The Balaban J connectivity index is 2.08. The maximum atomic E-state index is 13.3. The van der Waals surface area contributed by atoms with Crippen molar-refractivity contribution in [1.29, 1.82) is 0 Å². The van der Waals surface area contributed by atoms with Crippen LogP contribution in [0.2, 0.25) is 0 Å². The van der Waals surface area contributed by atoms with Crippen molar-refractivity contribution in [3.8, 4) is 16.9 Å². The smallest absolute Gasteiger partial charge is 0.325 e. The number of ether oxygens (including phenoxy) is 1. The highest BCUT2D eigenvalue weighted by Crippen LogP contribution is 2.34. The number of carboxylic acid groups (broad SMARTS) is 1. The molecule has 0 saturated carbocycles. The molecule has 0 aliphatic heterocycles. The summed E-state index contributed by atoms with van der Waals surface area (Å²) in [6.07, 6.45) is -0.165. The summed E-state index contributed by atoms with van der Waals surface area (Å²) in [5, 5.41) is 9.95. The van der Waals surface area contributed by atoms with Crippen molar-refractivity contribution in [2.24, 2.45) is 0 Å². The van der Waals surface area contributed by atoms with Gasteiger partial charge in [0.25, 0.3) is 0 Å². The first-order valence-corrected chi connectivity index (χ1v) is 10.5. The van der Waals surface area contributed by atoms with E-state index in [1.54, 1.807) is 12.1 Å². The van der Waals surface area contributed by atoms with E-state index < -0.39 is 20.6 Å². The van der Waals surface area contributed by atoms with Crippen LogP contribution in [0.5, 0.6) is 5.75 Å². The fourth-order valence-electron chi connectivity index (χ4n) is 3.24.